The molecule has 0 aromatic heterocycles. The molecule has 83 heavy (non-hydrogen) atoms. The molecular weight excluding hydrogens is 1020 g/mol. The number of ether oxygens (including phenoxy) is 3. The van der Waals surface area contributed by atoms with Crippen LogP contribution in [0, 0.1) is 0 Å². The first-order valence-corrected chi connectivity index (χ1v) is 36.4. The Morgan fingerprint density at radius 3 is 0.735 bits per heavy atom. The van der Waals surface area contributed by atoms with E-state index in [9.17, 15) is 14.4 Å². The summed E-state index contributed by atoms with van der Waals surface area (Å²) in [5.74, 6) is -0.853. The highest BCUT2D eigenvalue weighted by Gasteiger charge is 2.19. The molecule has 0 saturated heterocycles. The first kappa shape index (κ1) is 79.8. The summed E-state index contributed by atoms with van der Waals surface area (Å²) in [7, 11) is 0. The Bertz CT molecular complexity index is 1520. The van der Waals surface area contributed by atoms with Gasteiger partial charge in [-0.2, -0.15) is 0 Å². The number of esters is 3. The first-order valence-electron chi connectivity index (χ1n) is 36.4. The Balaban J connectivity index is 4.32. The molecule has 0 bridgehead atoms. The molecule has 0 aliphatic heterocycles. The van der Waals surface area contributed by atoms with Crippen LogP contribution in [0.1, 0.15) is 380 Å². The molecule has 6 heteroatoms. The van der Waals surface area contributed by atoms with Crippen LogP contribution < -0.4 is 0 Å². The van der Waals surface area contributed by atoms with Crippen molar-refractivity contribution in [2.45, 2.75) is 386 Å². The van der Waals surface area contributed by atoms with Gasteiger partial charge in [0.1, 0.15) is 13.2 Å². The fourth-order valence-corrected chi connectivity index (χ4v) is 10.8. The van der Waals surface area contributed by atoms with Gasteiger partial charge in [-0.1, -0.05) is 363 Å². The minimum Gasteiger partial charge on any atom is -0.462 e. The highest BCUT2D eigenvalue weighted by atomic mass is 16.6. The van der Waals surface area contributed by atoms with Gasteiger partial charge in [0.2, 0.25) is 0 Å². The van der Waals surface area contributed by atoms with Crippen LogP contribution in [0.5, 0.6) is 0 Å². The molecule has 0 aromatic carbocycles. The monoisotopic (exact) mass is 1160 g/mol. The van der Waals surface area contributed by atoms with Crippen LogP contribution in [-0.4, -0.2) is 37.2 Å². The van der Waals surface area contributed by atoms with Crippen molar-refractivity contribution in [3.63, 3.8) is 0 Å². The van der Waals surface area contributed by atoms with Crippen molar-refractivity contribution in [1.82, 2.24) is 0 Å². The van der Waals surface area contributed by atoms with Crippen molar-refractivity contribution in [2.24, 2.45) is 0 Å². The molecule has 6 nitrogen and oxygen atoms in total. The van der Waals surface area contributed by atoms with Crippen molar-refractivity contribution >= 4 is 17.9 Å². The maximum Gasteiger partial charge on any atom is 0.306 e. The molecule has 0 radical (unpaired) electrons. The van der Waals surface area contributed by atoms with Crippen LogP contribution in [0.15, 0.2) is 72.9 Å². The maximum atomic E-state index is 13.0. The van der Waals surface area contributed by atoms with Crippen LogP contribution >= 0.6 is 0 Å². The largest absolute Gasteiger partial charge is 0.462 e. The summed E-state index contributed by atoms with van der Waals surface area (Å²) in [5.41, 5.74) is 0. The van der Waals surface area contributed by atoms with Gasteiger partial charge in [0.15, 0.2) is 6.10 Å². The van der Waals surface area contributed by atoms with E-state index in [0.717, 1.165) is 103 Å². The Hall–Kier alpha value is -3.15. The van der Waals surface area contributed by atoms with Gasteiger partial charge in [-0.25, -0.2) is 0 Å². The van der Waals surface area contributed by atoms with Crippen LogP contribution in [0.2, 0.25) is 0 Å². The van der Waals surface area contributed by atoms with Gasteiger partial charge in [-0.3, -0.25) is 14.4 Å². The second-order valence-corrected chi connectivity index (χ2v) is 24.5. The third-order valence-electron chi connectivity index (χ3n) is 16.2. The molecule has 0 amide bonds. The molecule has 0 aliphatic rings. The molecule has 0 fully saturated rings. The van der Waals surface area contributed by atoms with Crippen LogP contribution in [0.4, 0.5) is 0 Å². The molecular formula is C77H138O6. The van der Waals surface area contributed by atoms with E-state index >= 15 is 0 Å². The number of hydrogen-bond acceptors (Lipinski definition) is 6. The Labute approximate surface area is 516 Å². The molecule has 0 N–H and O–H groups in total. The minimum absolute atomic E-state index is 0.0720. The summed E-state index contributed by atoms with van der Waals surface area (Å²) >= 11 is 0. The average molecular weight is 1160 g/mol. The second-order valence-electron chi connectivity index (χ2n) is 24.5. The Morgan fingerprint density at radius 2 is 0.470 bits per heavy atom. The van der Waals surface area contributed by atoms with Crippen molar-refractivity contribution in [3.8, 4) is 0 Å². The van der Waals surface area contributed by atoms with Gasteiger partial charge in [-0.15, -0.1) is 0 Å². The quantitative estimate of drug-likeness (QED) is 0.0261. The summed E-state index contributed by atoms with van der Waals surface area (Å²) in [6.45, 7) is 6.59. The van der Waals surface area contributed by atoms with E-state index < -0.39 is 6.10 Å². The number of unbranched alkanes of at least 4 members (excludes halogenated alkanes) is 44. The molecule has 482 valence electrons. The summed E-state index contributed by atoms with van der Waals surface area (Å²) in [6, 6.07) is 0. The van der Waals surface area contributed by atoms with Crippen molar-refractivity contribution in [2.75, 3.05) is 13.2 Å². The predicted octanol–water partition coefficient (Wildman–Crippen LogP) is 25.2. The van der Waals surface area contributed by atoms with Gasteiger partial charge in [0.25, 0.3) is 0 Å². The third kappa shape index (κ3) is 69.5. The lowest BCUT2D eigenvalue weighted by molar-refractivity contribution is -0.167. The van der Waals surface area contributed by atoms with Gasteiger partial charge < -0.3 is 14.2 Å². The van der Waals surface area contributed by atoms with Gasteiger partial charge in [0.05, 0.1) is 0 Å². The number of carbonyl (C=O) groups is 3. The molecule has 0 aliphatic carbocycles. The predicted molar refractivity (Wildman–Crippen MR) is 362 cm³/mol. The zero-order chi connectivity index (χ0) is 59.9. The summed E-state index contributed by atoms with van der Waals surface area (Å²) in [4.78, 5) is 38.5. The lowest BCUT2D eigenvalue weighted by atomic mass is 10.0. The van der Waals surface area contributed by atoms with Gasteiger partial charge in [0, 0.05) is 19.3 Å². The number of rotatable bonds is 67. The number of allylic oxidation sites excluding steroid dienone is 12. The first-order chi connectivity index (χ1) is 41.0. The Morgan fingerprint density at radius 1 is 0.253 bits per heavy atom. The fraction of sp³-hybridized carbons (Fsp3) is 0.805. The molecule has 0 rings (SSSR count). The summed E-state index contributed by atoms with van der Waals surface area (Å²) in [5, 5.41) is 0. The van der Waals surface area contributed by atoms with Crippen LogP contribution in [-0.2, 0) is 28.6 Å². The average Bonchev–Trinajstić information content (AvgIpc) is 3.49. The van der Waals surface area contributed by atoms with Gasteiger partial charge >= 0.3 is 17.9 Å². The molecule has 0 spiro atoms. The van der Waals surface area contributed by atoms with E-state index in [-0.39, 0.29) is 31.1 Å². The van der Waals surface area contributed by atoms with E-state index in [1.807, 2.05) is 0 Å². The van der Waals surface area contributed by atoms with Crippen molar-refractivity contribution in [3.05, 3.63) is 72.9 Å². The standard InChI is InChI=1S/C77H138O6/c1-4-7-10-13-16-19-22-25-28-31-33-35-37-38-39-40-41-43-44-46-49-52-55-58-61-64-67-70-76(79)82-73-74(72-81-75(78)69-66-63-60-57-54-51-48-30-27-24-21-18-15-12-9-6-3)83-77(80)71-68-65-62-59-56-53-50-47-45-42-36-34-32-29-26-23-20-17-14-11-8-5-2/h7,10,16,19,25,28,33,35,38-39,41,43,74H,4-6,8-9,11-15,17-18,20-24,26-27,29-32,34,36-37,40,42,44-73H2,1-3H3/b10-7-,19-16-,28-25-,35-33-,39-38-,43-41-. The Kier molecular flexibility index (Phi) is 68.6. The van der Waals surface area contributed by atoms with E-state index in [1.165, 1.54) is 238 Å². The third-order valence-corrected chi connectivity index (χ3v) is 16.2. The smallest absolute Gasteiger partial charge is 0.306 e. The molecule has 1 atom stereocenters. The topological polar surface area (TPSA) is 78.9 Å². The minimum atomic E-state index is -0.778. The van der Waals surface area contributed by atoms with Crippen molar-refractivity contribution < 1.29 is 28.6 Å². The SMILES string of the molecule is CC/C=C\C/C=C\C/C=C\C/C=C\C/C=C\C/C=C\CCCCCCCCCCC(=O)OCC(COC(=O)CCCCCCCCCCCCCCCCCC)OC(=O)CCCCCCCCCCCCCCCCCCCCCCCC. The second kappa shape index (κ2) is 71.3. The van der Waals surface area contributed by atoms with E-state index in [1.54, 1.807) is 0 Å². The van der Waals surface area contributed by atoms with E-state index in [4.69, 9.17) is 14.2 Å². The molecule has 1 unspecified atom stereocenters. The molecule has 0 aromatic rings. The maximum absolute atomic E-state index is 13.0. The zero-order valence-electron chi connectivity index (χ0n) is 55.5. The molecule has 0 saturated carbocycles. The van der Waals surface area contributed by atoms with Crippen LogP contribution in [0.3, 0.4) is 0 Å². The number of carbonyl (C=O) groups excluding carboxylic acids is 3. The van der Waals surface area contributed by atoms with Gasteiger partial charge in [-0.05, 0) is 70.6 Å². The highest BCUT2D eigenvalue weighted by molar-refractivity contribution is 5.71. The summed E-state index contributed by atoms with van der Waals surface area (Å²) in [6.07, 6.45) is 93.6. The fourth-order valence-electron chi connectivity index (χ4n) is 10.8. The normalized spacial score (nSPS) is 12.5. The summed E-state index contributed by atoms with van der Waals surface area (Å²) < 4.78 is 17.0. The zero-order valence-corrected chi connectivity index (χ0v) is 55.5. The lowest BCUT2D eigenvalue weighted by Crippen LogP contribution is -2.30. The van der Waals surface area contributed by atoms with E-state index in [2.05, 4.69) is 93.7 Å². The van der Waals surface area contributed by atoms with Crippen molar-refractivity contribution in [1.29, 1.82) is 0 Å². The van der Waals surface area contributed by atoms with Crippen LogP contribution in [0.25, 0.3) is 0 Å². The lowest BCUT2D eigenvalue weighted by Gasteiger charge is -2.18. The highest BCUT2D eigenvalue weighted by Crippen LogP contribution is 2.18. The van der Waals surface area contributed by atoms with E-state index in [0.29, 0.717) is 19.3 Å². The molecule has 0 heterocycles. The number of hydrogen-bond donors (Lipinski definition) is 0.